The minimum absolute atomic E-state index is 0.0356. The molecule has 1 atom stereocenters. The SMILES string of the molecule is COc1ccc(Cl)cc1/C(O)=C1\C(=O)C(=O)N(Cc2ccc(F)cc2)C1c1cccnc1. The number of aliphatic hydroxyl groups excluding tert-OH is 1. The molecule has 1 fully saturated rings. The molecule has 162 valence electrons. The van der Waals surface area contributed by atoms with E-state index in [1.54, 1.807) is 30.5 Å². The second kappa shape index (κ2) is 8.80. The molecule has 6 nitrogen and oxygen atoms in total. The van der Waals surface area contributed by atoms with E-state index in [-0.39, 0.29) is 17.7 Å². The fourth-order valence-electron chi connectivity index (χ4n) is 3.72. The summed E-state index contributed by atoms with van der Waals surface area (Å²) in [6, 6.07) is 12.7. The number of hydrogen-bond acceptors (Lipinski definition) is 5. The molecule has 0 saturated carbocycles. The van der Waals surface area contributed by atoms with Crippen molar-refractivity contribution in [3.05, 3.63) is 100 Å². The Labute approximate surface area is 188 Å². The van der Waals surface area contributed by atoms with Gasteiger partial charge >= 0.3 is 0 Å². The number of nitrogens with zero attached hydrogens (tertiary/aromatic N) is 2. The lowest BCUT2D eigenvalue weighted by atomic mass is 9.96. The van der Waals surface area contributed by atoms with Gasteiger partial charge in [-0.2, -0.15) is 0 Å². The number of carbonyl (C=O) groups is 2. The average molecular weight is 453 g/mol. The third-order valence-corrected chi connectivity index (χ3v) is 5.46. The summed E-state index contributed by atoms with van der Waals surface area (Å²) in [4.78, 5) is 31.5. The van der Waals surface area contributed by atoms with Crippen molar-refractivity contribution < 1.29 is 23.8 Å². The van der Waals surface area contributed by atoms with Gasteiger partial charge in [-0.15, -0.1) is 0 Å². The number of halogens is 2. The summed E-state index contributed by atoms with van der Waals surface area (Å²) in [7, 11) is 1.42. The third kappa shape index (κ3) is 3.94. The van der Waals surface area contributed by atoms with Crippen molar-refractivity contribution in [3.8, 4) is 5.75 Å². The van der Waals surface area contributed by atoms with Crippen molar-refractivity contribution in [2.45, 2.75) is 12.6 Å². The van der Waals surface area contributed by atoms with E-state index in [0.717, 1.165) is 0 Å². The monoisotopic (exact) mass is 452 g/mol. The van der Waals surface area contributed by atoms with E-state index in [9.17, 15) is 19.1 Å². The maximum absolute atomic E-state index is 13.3. The molecule has 1 aliphatic rings. The van der Waals surface area contributed by atoms with Crippen molar-refractivity contribution in [3.63, 3.8) is 0 Å². The lowest BCUT2D eigenvalue weighted by molar-refractivity contribution is -0.140. The molecule has 2 heterocycles. The number of methoxy groups -OCH3 is 1. The Bertz CT molecular complexity index is 1210. The van der Waals surface area contributed by atoms with E-state index in [0.29, 0.717) is 21.9 Å². The van der Waals surface area contributed by atoms with Crippen LogP contribution in [0.5, 0.6) is 5.75 Å². The summed E-state index contributed by atoms with van der Waals surface area (Å²) in [5, 5.41) is 11.5. The van der Waals surface area contributed by atoms with Crippen LogP contribution in [0.4, 0.5) is 4.39 Å². The highest BCUT2D eigenvalue weighted by Crippen LogP contribution is 2.41. The van der Waals surface area contributed by atoms with Gasteiger partial charge in [-0.3, -0.25) is 14.6 Å². The molecular weight excluding hydrogens is 435 g/mol. The predicted molar refractivity (Wildman–Crippen MR) is 116 cm³/mol. The fraction of sp³-hybridized carbons (Fsp3) is 0.125. The van der Waals surface area contributed by atoms with E-state index in [1.807, 2.05) is 0 Å². The zero-order chi connectivity index (χ0) is 22.8. The van der Waals surface area contributed by atoms with Crippen LogP contribution in [0.15, 0.2) is 72.6 Å². The normalized spacial score (nSPS) is 17.6. The number of ketones is 1. The summed E-state index contributed by atoms with van der Waals surface area (Å²) in [6.45, 7) is 0.0356. The van der Waals surface area contributed by atoms with Crippen molar-refractivity contribution in [1.82, 2.24) is 9.88 Å². The zero-order valence-electron chi connectivity index (χ0n) is 17.0. The number of likely N-dealkylation sites (tertiary alicyclic amines) is 1. The maximum Gasteiger partial charge on any atom is 0.295 e. The molecule has 0 spiro atoms. The molecule has 0 aliphatic carbocycles. The summed E-state index contributed by atoms with van der Waals surface area (Å²) < 4.78 is 18.6. The standard InChI is InChI=1S/C24H18ClFN2O4/c1-32-19-9-6-16(25)11-18(19)22(29)20-21(15-3-2-10-27-12-15)28(24(31)23(20)30)13-14-4-7-17(26)8-5-14/h2-12,21,29H,13H2,1H3/b22-20+. The predicted octanol–water partition coefficient (Wildman–Crippen LogP) is 4.50. The Hall–Kier alpha value is -3.71. The van der Waals surface area contributed by atoms with Crippen LogP contribution in [-0.2, 0) is 16.1 Å². The van der Waals surface area contributed by atoms with Crippen LogP contribution >= 0.6 is 11.6 Å². The van der Waals surface area contributed by atoms with Gasteiger partial charge in [0.15, 0.2) is 0 Å². The number of carbonyl (C=O) groups excluding carboxylic acids is 2. The second-order valence-electron chi connectivity index (χ2n) is 7.18. The number of aliphatic hydroxyl groups is 1. The molecule has 32 heavy (non-hydrogen) atoms. The van der Waals surface area contributed by atoms with Gasteiger partial charge in [0.05, 0.1) is 24.3 Å². The molecule has 3 aromatic rings. The summed E-state index contributed by atoms with van der Waals surface area (Å²) >= 11 is 6.10. The van der Waals surface area contributed by atoms with Gasteiger partial charge < -0.3 is 14.7 Å². The maximum atomic E-state index is 13.3. The number of pyridine rings is 1. The molecule has 1 aromatic heterocycles. The van der Waals surface area contributed by atoms with Crippen LogP contribution in [0.1, 0.15) is 22.7 Å². The molecule has 4 rings (SSSR count). The Morgan fingerprint density at radius 3 is 2.59 bits per heavy atom. The largest absolute Gasteiger partial charge is 0.507 e. The van der Waals surface area contributed by atoms with Gasteiger partial charge in [-0.25, -0.2) is 4.39 Å². The fourth-order valence-corrected chi connectivity index (χ4v) is 3.90. The second-order valence-corrected chi connectivity index (χ2v) is 7.62. The van der Waals surface area contributed by atoms with Gasteiger partial charge in [0.1, 0.15) is 17.3 Å². The van der Waals surface area contributed by atoms with Gasteiger partial charge in [-0.1, -0.05) is 29.8 Å². The Morgan fingerprint density at radius 1 is 1.19 bits per heavy atom. The first-order valence-electron chi connectivity index (χ1n) is 9.67. The first-order chi connectivity index (χ1) is 15.4. The molecule has 0 radical (unpaired) electrons. The number of hydrogen-bond donors (Lipinski definition) is 1. The van der Waals surface area contributed by atoms with Crippen LogP contribution in [0.25, 0.3) is 5.76 Å². The molecule has 8 heteroatoms. The van der Waals surface area contributed by atoms with Crippen molar-refractivity contribution >= 4 is 29.1 Å². The van der Waals surface area contributed by atoms with E-state index >= 15 is 0 Å². The van der Waals surface area contributed by atoms with Crippen LogP contribution in [0.2, 0.25) is 5.02 Å². The van der Waals surface area contributed by atoms with Crippen molar-refractivity contribution in [2.24, 2.45) is 0 Å². The molecule has 0 bridgehead atoms. The van der Waals surface area contributed by atoms with E-state index < -0.39 is 29.3 Å². The smallest absolute Gasteiger partial charge is 0.295 e. The van der Waals surface area contributed by atoms with E-state index in [1.165, 1.54) is 48.5 Å². The van der Waals surface area contributed by atoms with Crippen LogP contribution in [0, 0.1) is 5.82 Å². The zero-order valence-corrected chi connectivity index (χ0v) is 17.7. The average Bonchev–Trinajstić information content (AvgIpc) is 3.05. The minimum Gasteiger partial charge on any atom is -0.507 e. The Kier molecular flexibility index (Phi) is 5.92. The van der Waals surface area contributed by atoms with Gasteiger partial charge in [-0.05, 0) is 47.5 Å². The highest BCUT2D eigenvalue weighted by Gasteiger charge is 2.46. The minimum atomic E-state index is -0.905. The molecule has 1 N–H and O–H groups in total. The van der Waals surface area contributed by atoms with E-state index in [4.69, 9.17) is 16.3 Å². The molecule has 2 aromatic carbocycles. The van der Waals surface area contributed by atoms with E-state index in [2.05, 4.69) is 4.98 Å². The molecule has 1 amide bonds. The van der Waals surface area contributed by atoms with Crippen molar-refractivity contribution in [1.29, 1.82) is 0 Å². The highest BCUT2D eigenvalue weighted by atomic mass is 35.5. The molecular formula is C24H18ClFN2O4. The molecule has 1 unspecified atom stereocenters. The molecule has 1 aliphatic heterocycles. The summed E-state index contributed by atoms with van der Waals surface area (Å²) in [5.74, 6) is -2.15. The number of rotatable bonds is 5. The van der Waals surface area contributed by atoms with Gasteiger partial charge in [0, 0.05) is 24.0 Å². The first-order valence-corrected chi connectivity index (χ1v) is 10.0. The lowest BCUT2D eigenvalue weighted by Crippen LogP contribution is -2.29. The lowest BCUT2D eigenvalue weighted by Gasteiger charge is -2.25. The van der Waals surface area contributed by atoms with Crippen molar-refractivity contribution in [2.75, 3.05) is 7.11 Å². The highest BCUT2D eigenvalue weighted by molar-refractivity contribution is 6.46. The summed E-state index contributed by atoms with van der Waals surface area (Å²) in [5.41, 5.74) is 1.25. The quantitative estimate of drug-likeness (QED) is 0.350. The van der Waals surface area contributed by atoms with Gasteiger partial charge in [0.25, 0.3) is 11.7 Å². The Morgan fingerprint density at radius 2 is 1.94 bits per heavy atom. The number of Topliss-reactive ketones (excluding diaryl/α,β-unsaturated/α-hetero) is 1. The van der Waals surface area contributed by atoms with Crippen LogP contribution < -0.4 is 4.74 Å². The molecule has 1 saturated heterocycles. The van der Waals surface area contributed by atoms with Crippen LogP contribution in [-0.4, -0.2) is 33.8 Å². The first kappa shape index (κ1) is 21.5. The Balaban J connectivity index is 1.88. The third-order valence-electron chi connectivity index (χ3n) is 5.22. The summed E-state index contributed by atoms with van der Waals surface area (Å²) in [6.07, 6.45) is 3.09. The number of benzene rings is 2. The van der Waals surface area contributed by atoms with Gasteiger partial charge in [0.2, 0.25) is 0 Å². The van der Waals surface area contributed by atoms with Crippen LogP contribution in [0.3, 0.4) is 0 Å². The number of ether oxygens (including phenoxy) is 1. The number of aromatic nitrogens is 1. The number of amides is 1. The topological polar surface area (TPSA) is 79.7 Å².